The first-order valence-corrected chi connectivity index (χ1v) is 18.1. The van der Waals surface area contributed by atoms with Crippen LogP contribution in [0.2, 0.25) is 0 Å². The van der Waals surface area contributed by atoms with Crippen LogP contribution in [0.3, 0.4) is 0 Å². The van der Waals surface area contributed by atoms with E-state index < -0.39 is 154 Å². The van der Waals surface area contributed by atoms with E-state index in [0.717, 1.165) is 13.0 Å². The summed E-state index contributed by atoms with van der Waals surface area (Å²) >= 11 is 0. The van der Waals surface area contributed by atoms with Gasteiger partial charge in [0.05, 0.1) is 38.6 Å². The maximum atomic E-state index is 11.5. The molecule has 0 radical (unpaired) electrons. The van der Waals surface area contributed by atoms with Gasteiger partial charge in [0.1, 0.15) is 48.5 Å². The van der Waals surface area contributed by atoms with Crippen molar-refractivity contribution in [3.8, 4) is 0 Å². The highest BCUT2D eigenvalue weighted by Crippen LogP contribution is 2.33. The summed E-state index contributed by atoms with van der Waals surface area (Å²) in [6, 6.07) is 0. The Balaban J connectivity index is 1.76. The van der Waals surface area contributed by atoms with E-state index in [0.29, 0.717) is 0 Å². The highest BCUT2D eigenvalue weighted by atomic mass is 32.3. The summed E-state index contributed by atoms with van der Waals surface area (Å²) in [4.78, 5) is 11.2. The van der Waals surface area contributed by atoms with E-state index in [4.69, 9.17) is 33.3 Å². The molecule has 23 nitrogen and oxygen atoms in total. The van der Waals surface area contributed by atoms with Crippen molar-refractivity contribution in [2.45, 2.75) is 74.3 Å². The normalized spacial score (nSPS) is 38.2. The van der Waals surface area contributed by atoms with Gasteiger partial charge in [-0.1, -0.05) is 0 Å². The molecule has 3 aliphatic rings. The summed E-state index contributed by atoms with van der Waals surface area (Å²) in [5.74, 6) is -6.06. The van der Waals surface area contributed by atoms with Gasteiger partial charge in [-0.25, -0.2) is 13.2 Å². The number of carboxylic acid groups (broad SMARTS) is 1. The number of aliphatic hydroxyl groups is 5. The maximum absolute atomic E-state index is 11.5. The minimum absolute atomic E-state index is 0.571. The van der Waals surface area contributed by atoms with Crippen molar-refractivity contribution < 1.29 is 106 Å². The standard InChI is InChI=1S/C22H36O23S3/c1-8-19(44-47(33,34)35)18(26)20(45-48(36,37)38)14(41-8)6-39-3-9-10(22(29)43-15(16(9)24)7-46(30,31)32)4-40-5-13-17(25)11(23)2-12(42-13)21(27)28/h2,8-11,13-20,22-26,29H,3-7H2,1H3,(H,27,28)(H,30,31,32)(H,33,34,35)(H,36,37,38)/t8?,9?,10?,11?,13-,14-,15?,16-,17?,18?,19+,20?,22?/m0/s1. The molecule has 3 aliphatic heterocycles. The first-order chi connectivity index (χ1) is 22.0. The number of rotatable bonds is 15. The molecule has 3 heterocycles. The first kappa shape index (κ1) is 40.7. The zero-order valence-electron chi connectivity index (χ0n) is 24.6. The fraction of sp³-hybridized carbons (Fsp3) is 0.864. The summed E-state index contributed by atoms with van der Waals surface area (Å²) < 4.78 is 131. The minimum atomic E-state index is -5.33. The van der Waals surface area contributed by atoms with Gasteiger partial charge in [-0.3, -0.25) is 13.7 Å². The summed E-state index contributed by atoms with van der Waals surface area (Å²) in [6.45, 7) is -1.40. The summed E-state index contributed by atoms with van der Waals surface area (Å²) in [5, 5.41) is 61.4. The quantitative estimate of drug-likeness (QED) is 0.0704. The SMILES string of the molecule is CC1O[C@@H](COCC2C(COC[C@@H]3OC(C(=O)O)=CC(O)C3O)C(O)OC(CS(=O)(=O)O)[C@H]2O)C(OS(=O)(=O)O)C(O)[C@@H]1OS(=O)(=O)O. The second-order valence-electron chi connectivity index (χ2n) is 11.0. The van der Waals surface area contributed by atoms with Crippen LogP contribution in [0.15, 0.2) is 11.8 Å². The number of aliphatic hydroxyl groups excluding tert-OH is 5. The van der Waals surface area contributed by atoms with Crippen molar-refractivity contribution in [1.82, 2.24) is 0 Å². The number of carboxylic acids is 1. The van der Waals surface area contributed by atoms with Gasteiger partial charge in [-0.15, -0.1) is 0 Å². The molecule has 0 spiro atoms. The molecule has 2 saturated heterocycles. The molecule has 0 aromatic heterocycles. The predicted octanol–water partition coefficient (Wildman–Crippen LogP) is -5.17. The fourth-order valence-corrected chi connectivity index (χ4v) is 7.06. The number of ether oxygens (including phenoxy) is 5. The van der Waals surface area contributed by atoms with Crippen LogP contribution in [0, 0.1) is 11.8 Å². The summed E-state index contributed by atoms with van der Waals surface area (Å²) in [7, 11) is -15.3. The lowest BCUT2D eigenvalue weighted by atomic mass is 9.83. The number of carbonyl (C=O) groups is 1. The molecule has 280 valence electrons. The molecule has 2 fully saturated rings. The van der Waals surface area contributed by atoms with E-state index in [1.807, 2.05) is 0 Å². The predicted molar refractivity (Wildman–Crippen MR) is 148 cm³/mol. The summed E-state index contributed by atoms with van der Waals surface area (Å²) in [6.07, 6.45) is -18.7. The lowest BCUT2D eigenvalue weighted by molar-refractivity contribution is -0.263. The molecule has 48 heavy (non-hydrogen) atoms. The molecule has 0 amide bonds. The highest BCUT2D eigenvalue weighted by Gasteiger charge is 2.50. The van der Waals surface area contributed by atoms with Crippen LogP contribution >= 0.6 is 0 Å². The molecule has 9 unspecified atom stereocenters. The Morgan fingerprint density at radius 3 is 1.81 bits per heavy atom. The van der Waals surface area contributed by atoms with E-state index in [9.17, 15) is 64.7 Å². The molecule has 0 aromatic rings. The van der Waals surface area contributed by atoms with Gasteiger partial charge in [-0.05, 0) is 13.0 Å². The third-order valence-electron chi connectivity index (χ3n) is 7.51. The molecule has 0 saturated carbocycles. The van der Waals surface area contributed by atoms with Crippen molar-refractivity contribution in [3.05, 3.63) is 11.8 Å². The van der Waals surface area contributed by atoms with Crippen LogP contribution in [0.1, 0.15) is 6.92 Å². The zero-order chi connectivity index (χ0) is 36.4. The Bertz CT molecular complexity index is 1470. The van der Waals surface area contributed by atoms with E-state index >= 15 is 0 Å². The van der Waals surface area contributed by atoms with Crippen molar-refractivity contribution in [2.75, 3.05) is 32.2 Å². The summed E-state index contributed by atoms with van der Waals surface area (Å²) in [5.41, 5.74) is 0. The minimum Gasteiger partial charge on any atom is -0.478 e. The van der Waals surface area contributed by atoms with Gasteiger partial charge >= 0.3 is 26.8 Å². The van der Waals surface area contributed by atoms with Crippen LogP contribution in [-0.2, 0) is 67.8 Å². The van der Waals surface area contributed by atoms with Crippen LogP contribution in [0.25, 0.3) is 0 Å². The molecule has 0 aliphatic carbocycles. The van der Waals surface area contributed by atoms with E-state index in [-0.39, 0.29) is 0 Å². The van der Waals surface area contributed by atoms with E-state index in [1.165, 1.54) is 0 Å². The monoisotopic (exact) mass is 764 g/mol. The van der Waals surface area contributed by atoms with E-state index in [1.54, 1.807) is 0 Å². The molecule has 9 N–H and O–H groups in total. The molecule has 0 bridgehead atoms. The third kappa shape index (κ3) is 11.4. The Labute approximate surface area is 273 Å². The highest BCUT2D eigenvalue weighted by molar-refractivity contribution is 7.85. The van der Waals surface area contributed by atoms with Crippen molar-refractivity contribution in [1.29, 1.82) is 0 Å². The second-order valence-corrected chi connectivity index (χ2v) is 14.6. The molecule has 13 atom stereocenters. The molecular formula is C22H36O23S3. The first-order valence-electron chi connectivity index (χ1n) is 13.7. The number of hydrogen-bond acceptors (Lipinski definition) is 19. The van der Waals surface area contributed by atoms with Gasteiger partial charge in [0.2, 0.25) is 5.76 Å². The van der Waals surface area contributed by atoms with Gasteiger partial charge in [0.25, 0.3) is 10.1 Å². The van der Waals surface area contributed by atoms with Crippen LogP contribution in [-0.4, -0.2) is 175 Å². The molecule has 26 heteroatoms. The Kier molecular flexibility index (Phi) is 13.7. The van der Waals surface area contributed by atoms with Crippen molar-refractivity contribution >= 4 is 36.9 Å². The van der Waals surface area contributed by atoms with Gasteiger partial charge in [-0.2, -0.15) is 25.3 Å². The maximum Gasteiger partial charge on any atom is 0.397 e. The van der Waals surface area contributed by atoms with Gasteiger partial charge in [0, 0.05) is 11.8 Å². The van der Waals surface area contributed by atoms with Gasteiger partial charge < -0.3 is 54.3 Å². The average molecular weight is 765 g/mol. The second kappa shape index (κ2) is 16.1. The van der Waals surface area contributed by atoms with Crippen LogP contribution in [0.5, 0.6) is 0 Å². The molecule has 0 aromatic carbocycles. The number of aliphatic carboxylic acids is 1. The zero-order valence-corrected chi connectivity index (χ0v) is 27.0. The Morgan fingerprint density at radius 1 is 0.729 bits per heavy atom. The average Bonchev–Trinajstić information content (AvgIpc) is 2.92. The van der Waals surface area contributed by atoms with Crippen molar-refractivity contribution in [2.24, 2.45) is 11.8 Å². The fourth-order valence-electron chi connectivity index (χ4n) is 5.30. The topological polar surface area (TPSA) is 366 Å². The van der Waals surface area contributed by atoms with E-state index in [2.05, 4.69) is 8.37 Å². The Hall–Kier alpha value is -1.70. The van der Waals surface area contributed by atoms with Gasteiger partial charge in [0.15, 0.2) is 12.4 Å². The lowest BCUT2D eigenvalue weighted by Gasteiger charge is -2.44. The third-order valence-corrected chi connectivity index (χ3v) is 9.19. The largest absolute Gasteiger partial charge is 0.478 e. The van der Waals surface area contributed by atoms with Crippen LogP contribution < -0.4 is 0 Å². The smallest absolute Gasteiger partial charge is 0.397 e. The molecular weight excluding hydrogens is 728 g/mol. The van der Waals surface area contributed by atoms with Crippen LogP contribution in [0.4, 0.5) is 0 Å². The lowest BCUT2D eigenvalue weighted by Crippen LogP contribution is -2.60. The van der Waals surface area contributed by atoms with Crippen molar-refractivity contribution in [3.63, 3.8) is 0 Å². The molecule has 3 rings (SSSR count). The Morgan fingerprint density at radius 2 is 1.27 bits per heavy atom. The number of hydrogen-bond donors (Lipinski definition) is 9.